The van der Waals surface area contributed by atoms with Gasteiger partial charge in [-0.05, 0) is 39.0 Å². The minimum absolute atomic E-state index is 0.321. The van der Waals surface area contributed by atoms with Crippen molar-refractivity contribution in [2.45, 2.75) is 33.5 Å². The van der Waals surface area contributed by atoms with Crippen LogP contribution in [0.2, 0.25) is 0 Å². The summed E-state index contributed by atoms with van der Waals surface area (Å²) in [5.41, 5.74) is 0.466. The van der Waals surface area contributed by atoms with Crippen LogP contribution in [0.15, 0.2) is 28.4 Å². The van der Waals surface area contributed by atoms with Crippen molar-refractivity contribution in [1.29, 1.82) is 0 Å². The summed E-state index contributed by atoms with van der Waals surface area (Å²) in [5.74, 6) is 0.216. The first-order valence-corrected chi connectivity index (χ1v) is 6.85. The summed E-state index contributed by atoms with van der Waals surface area (Å²) in [6, 6.07) is 3.53. The molecule has 0 aliphatic heterocycles. The van der Waals surface area contributed by atoms with Gasteiger partial charge >= 0.3 is 5.97 Å². The van der Waals surface area contributed by atoms with E-state index in [-0.39, 0.29) is 5.97 Å². The molecule has 0 aliphatic rings. The molecule has 0 radical (unpaired) electrons. The Balaban J connectivity index is 2.83. The minimum atomic E-state index is -0.462. The van der Waals surface area contributed by atoms with E-state index in [1.807, 2.05) is 13.8 Å². The summed E-state index contributed by atoms with van der Waals surface area (Å²) in [5, 5.41) is 0. The molecule has 20 heavy (non-hydrogen) atoms. The summed E-state index contributed by atoms with van der Waals surface area (Å²) in [4.78, 5) is 12.0. The molecular weight excluding hydrogens is 260 g/mol. The van der Waals surface area contributed by atoms with Crippen LogP contribution < -0.4 is 0 Å². The molecule has 0 aromatic carbocycles. The van der Waals surface area contributed by atoms with Gasteiger partial charge < -0.3 is 18.6 Å². The van der Waals surface area contributed by atoms with Gasteiger partial charge in [0.15, 0.2) is 6.29 Å². The Bertz CT molecular complexity index is 402. The third-order valence-corrected chi connectivity index (χ3v) is 2.49. The Morgan fingerprint density at radius 1 is 1.25 bits per heavy atom. The van der Waals surface area contributed by atoms with E-state index in [9.17, 15) is 4.79 Å². The fourth-order valence-electron chi connectivity index (χ4n) is 1.69. The van der Waals surface area contributed by atoms with E-state index in [1.54, 1.807) is 31.4 Å². The maximum Gasteiger partial charge on any atom is 0.334 e. The van der Waals surface area contributed by atoms with Crippen molar-refractivity contribution in [2.24, 2.45) is 0 Å². The summed E-state index contributed by atoms with van der Waals surface area (Å²) >= 11 is 0. The molecule has 0 aliphatic carbocycles. The molecule has 112 valence electrons. The van der Waals surface area contributed by atoms with E-state index in [4.69, 9.17) is 18.6 Å². The van der Waals surface area contributed by atoms with Gasteiger partial charge in [-0.25, -0.2) is 4.79 Å². The zero-order valence-electron chi connectivity index (χ0n) is 12.3. The predicted molar refractivity (Wildman–Crippen MR) is 75.0 cm³/mol. The smallest absolute Gasteiger partial charge is 0.334 e. The van der Waals surface area contributed by atoms with E-state index < -0.39 is 6.29 Å². The average Bonchev–Trinajstić information content (AvgIpc) is 2.91. The number of furan rings is 1. The van der Waals surface area contributed by atoms with Crippen LogP contribution >= 0.6 is 0 Å². The Labute approximate surface area is 119 Å². The van der Waals surface area contributed by atoms with E-state index in [0.29, 0.717) is 37.6 Å². The summed E-state index contributed by atoms with van der Waals surface area (Å²) in [7, 11) is 0. The lowest BCUT2D eigenvalue weighted by Gasteiger charge is -2.17. The van der Waals surface area contributed by atoms with Crippen LogP contribution in [0, 0.1) is 0 Å². The van der Waals surface area contributed by atoms with Gasteiger partial charge in [-0.3, -0.25) is 0 Å². The Kier molecular flexibility index (Phi) is 7.69. The summed E-state index contributed by atoms with van der Waals surface area (Å²) < 4.78 is 21.2. The molecular formula is C15H22O5. The highest BCUT2D eigenvalue weighted by molar-refractivity contribution is 5.93. The van der Waals surface area contributed by atoms with Crippen molar-refractivity contribution in [3.05, 3.63) is 29.7 Å². The highest BCUT2D eigenvalue weighted by Crippen LogP contribution is 2.16. The second-order valence-electron chi connectivity index (χ2n) is 3.95. The molecule has 1 rings (SSSR count). The van der Waals surface area contributed by atoms with E-state index in [0.717, 1.165) is 0 Å². The summed E-state index contributed by atoms with van der Waals surface area (Å²) in [6.45, 7) is 6.88. The molecule has 0 unspecified atom stereocenters. The second-order valence-corrected chi connectivity index (χ2v) is 3.95. The van der Waals surface area contributed by atoms with Crippen LogP contribution in [0.25, 0.3) is 6.08 Å². The van der Waals surface area contributed by atoms with Gasteiger partial charge in [0.2, 0.25) is 0 Å². The molecule has 0 saturated heterocycles. The van der Waals surface area contributed by atoms with Gasteiger partial charge in [0.1, 0.15) is 5.76 Å². The lowest BCUT2D eigenvalue weighted by atomic mass is 10.1. The number of hydrogen-bond acceptors (Lipinski definition) is 5. The van der Waals surface area contributed by atoms with Crippen molar-refractivity contribution in [2.75, 3.05) is 19.8 Å². The molecule has 0 fully saturated rings. The molecule has 1 heterocycles. The van der Waals surface area contributed by atoms with Gasteiger partial charge in [-0.2, -0.15) is 0 Å². The molecule has 0 spiro atoms. The Morgan fingerprint density at radius 3 is 2.45 bits per heavy atom. The van der Waals surface area contributed by atoms with Crippen LogP contribution in [-0.4, -0.2) is 32.1 Å². The number of esters is 1. The Hall–Kier alpha value is -1.59. The SMILES string of the molecule is CCOC(=O)C(=Cc1ccco1)CC(OCC)OCC. The highest BCUT2D eigenvalue weighted by atomic mass is 16.7. The quantitative estimate of drug-likeness (QED) is 0.396. The molecule has 0 N–H and O–H groups in total. The van der Waals surface area contributed by atoms with Crippen molar-refractivity contribution >= 4 is 12.0 Å². The molecule has 5 heteroatoms. The normalized spacial score (nSPS) is 11.9. The monoisotopic (exact) mass is 282 g/mol. The van der Waals surface area contributed by atoms with Crippen molar-refractivity contribution in [3.63, 3.8) is 0 Å². The number of carbonyl (C=O) groups is 1. The molecule has 0 atom stereocenters. The van der Waals surface area contributed by atoms with Crippen molar-refractivity contribution in [1.82, 2.24) is 0 Å². The van der Waals surface area contributed by atoms with Crippen LogP contribution in [0.4, 0.5) is 0 Å². The zero-order valence-corrected chi connectivity index (χ0v) is 12.3. The minimum Gasteiger partial charge on any atom is -0.465 e. The van der Waals surface area contributed by atoms with Gasteiger partial charge in [0.05, 0.1) is 12.9 Å². The molecule has 0 saturated carbocycles. The lowest BCUT2D eigenvalue weighted by molar-refractivity contribution is -0.147. The van der Waals surface area contributed by atoms with Gasteiger partial charge in [0.25, 0.3) is 0 Å². The number of carbonyl (C=O) groups excluding carboxylic acids is 1. The number of rotatable bonds is 9. The number of ether oxygens (including phenoxy) is 3. The topological polar surface area (TPSA) is 57.9 Å². The first-order chi connectivity index (χ1) is 9.71. The predicted octanol–water partition coefficient (Wildman–Crippen LogP) is 3.02. The van der Waals surface area contributed by atoms with Gasteiger partial charge in [0, 0.05) is 25.2 Å². The van der Waals surface area contributed by atoms with Gasteiger partial charge in [-0.15, -0.1) is 0 Å². The second kappa shape index (κ2) is 9.34. The van der Waals surface area contributed by atoms with E-state index in [1.165, 1.54) is 0 Å². The van der Waals surface area contributed by atoms with Crippen LogP contribution in [-0.2, 0) is 19.0 Å². The van der Waals surface area contributed by atoms with Crippen LogP contribution in [0.3, 0.4) is 0 Å². The molecule has 5 nitrogen and oxygen atoms in total. The summed E-state index contributed by atoms with van der Waals surface area (Å²) in [6.07, 6.45) is 3.07. The highest BCUT2D eigenvalue weighted by Gasteiger charge is 2.18. The lowest BCUT2D eigenvalue weighted by Crippen LogP contribution is -2.21. The van der Waals surface area contributed by atoms with E-state index >= 15 is 0 Å². The van der Waals surface area contributed by atoms with Crippen LogP contribution in [0.5, 0.6) is 0 Å². The van der Waals surface area contributed by atoms with Gasteiger partial charge in [-0.1, -0.05) is 0 Å². The van der Waals surface area contributed by atoms with Crippen molar-refractivity contribution < 1.29 is 23.4 Å². The maximum atomic E-state index is 12.0. The van der Waals surface area contributed by atoms with Crippen molar-refractivity contribution in [3.8, 4) is 0 Å². The third-order valence-electron chi connectivity index (χ3n) is 2.49. The van der Waals surface area contributed by atoms with E-state index in [2.05, 4.69) is 0 Å². The maximum absolute atomic E-state index is 12.0. The first kappa shape index (κ1) is 16.5. The first-order valence-electron chi connectivity index (χ1n) is 6.85. The fraction of sp³-hybridized carbons (Fsp3) is 0.533. The third kappa shape index (κ3) is 5.59. The standard InChI is InChI=1S/C15H22O5/c1-4-17-14(18-5-2)11-12(15(16)19-6-3)10-13-8-7-9-20-13/h7-10,14H,4-6,11H2,1-3H3. The molecule has 0 amide bonds. The zero-order chi connectivity index (χ0) is 14.8. The molecule has 1 aromatic rings. The largest absolute Gasteiger partial charge is 0.465 e. The molecule has 1 aromatic heterocycles. The van der Waals surface area contributed by atoms with Crippen LogP contribution in [0.1, 0.15) is 33.0 Å². The Morgan fingerprint density at radius 2 is 1.95 bits per heavy atom. The fourth-order valence-corrected chi connectivity index (χ4v) is 1.69. The number of hydrogen-bond donors (Lipinski definition) is 0. The molecule has 0 bridgehead atoms. The average molecular weight is 282 g/mol.